The van der Waals surface area contributed by atoms with Gasteiger partial charge in [-0.25, -0.2) is 4.39 Å². The minimum absolute atomic E-state index is 0.127. The standard InChI is InChI=1S/C15H21FN2O3S/c1-3-17(2)22(20,21)18-10-4-5-14(18)11-15(19)12-6-8-13(16)9-7-12/h6-9,14H,3-5,10-11H2,1-2H3/t14-/m0/s1. The SMILES string of the molecule is CCN(C)S(=O)(=O)N1CCC[C@H]1CC(=O)c1ccc(F)cc1. The van der Waals surface area contributed by atoms with E-state index in [4.69, 9.17) is 0 Å². The third-order valence-corrected chi connectivity index (χ3v) is 6.17. The van der Waals surface area contributed by atoms with E-state index < -0.39 is 16.0 Å². The van der Waals surface area contributed by atoms with Gasteiger partial charge in [-0.2, -0.15) is 17.0 Å². The lowest BCUT2D eigenvalue weighted by molar-refractivity contribution is 0.0960. The minimum Gasteiger partial charge on any atom is -0.294 e. The second kappa shape index (κ2) is 6.85. The second-order valence-corrected chi connectivity index (χ2v) is 7.45. The summed E-state index contributed by atoms with van der Waals surface area (Å²) in [4.78, 5) is 12.3. The van der Waals surface area contributed by atoms with Crippen LogP contribution in [0.4, 0.5) is 4.39 Å². The zero-order valence-electron chi connectivity index (χ0n) is 12.8. The molecule has 0 unspecified atom stereocenters. The van der Waals surface area contributed by atoms with Gasteiger partial charge < -0.3 is 0 Å². The van der Waals surface area contributed by atoms with Crippen LogP contribution in [0.2, 0.25) is 0 Å². The molecule has 122 valence electrons. The molecule has 1 aromatic rings. The van der Waals surface area contributed by atoms with Gasteiger partial charge in [-0.1, -0.05) is 6.92 Å². The van der Waals surface area contributed by atoms with Crippen LogP contribution in [0.1, 0.15) is 36.5 Å². The summed E-state index contributed by atoms with van der Waals surface area (Å²) in [5, 5.41) is 0. The number of rotatable bonds is 6. The van der Waals surface area contributed by atoms with E-state index in [9.17, 15) is 17.6 Å². The maximum absolute atomic E-state index is 12.9. The highest BCUT2D eigenvalue weighted by atomic mass is 32.2. The molecule has 0 spiro atoms. The van der Waals surface area contributed by atoms with Gasteiger partial charge in [0.05, 0.1) is 0 Å². The smallest absolute Gasteiger partial charge is 0.281 e. The third kappa shape index (κ3) is 3.53. The van der Waals surface area contributed by atoms with Crippen molar-refractivity contribution in [2.24, 2.45) is 0 Å². The van der Waals surface area contributed by atoms with E-state index in [0.29, 0.717) is 25.1 Å². The zero-order chi connectivity index (χ0) is 16.3. The highest BCUT2D eigenvalue weighted by Gasteiger charge is 2.37. The molecule has 0 saturated carbocycles. The van der Waals surface area contributed by atoms with Crippen molar-refractivity contribution in [3.05, 3.63) is 35.6 Å². The van der Waals surface area contributed by atoms with Crippen molar-refractivity contribution in [2.45, 2.75) is 32.2 Å². The van der Waals surface area contributed by atoms with E-state index >= 15 is 0 Å². The minimum atomic E-state index is -3.52. The van der Waals surface area contributed by atoms with Crippen LogP contribution < -0.4 is 0 Å². The number of Topliss-reactive ketones (excluding diaryl/α,β-unsaturated/α-hetero) is 1. The van der Waals surface area contributed by atoms with Gasteiger partial charge in [0.25, 0.3) is 10.2 Å². The van der Waals surface area contributed by atoms with Crippen molar-refractivity contribution in [3.8, 4) is 0 Å². The fourth-order valence-electron chi connectivity index (χ4n) is 2.63. The van der Waals surface area contributed by atoms with Gasteiger partial charge in [0.15, 0.2) is 5.78 Å². The van der Waals surface area contributed by atoms with E-state index in [2.05, 4.69) is 0 Å². The third-order valence-electron chi connectivity index (χ3n) is 4.05. The molecule has 0 amide bonds. The summed E-state index contributed by atoms with van der Waals surface area (Å²) in [6, 6.07) is 5.02. The predicted molar refractivity (Wildman–Crippen MR) is 82.3 cm³/mol. The molecule has 5 nitrogen and oxygen atoms in total. The summed E-state index contributed by atoms with van der Waals surface area (Å²) in [6.45, 7) is 2.60. The van der Waals surface area contributed by atoms with Gasteiger partial charge in [-0.3, -0.25) is 4.79 Å². The number of carbonyl (C=O) groups excluding carboxylic acids is 1. The average molecular weight is 328 g/mol. The van der Waals surface area contributed by atoms with E-state index in [1.54, 1.807) is 6.92 Å². The summed E-state index contributed by atoms with van der Waals surface area (Å²) in [5.74, 6) is -0.558. The fraction of sp³-hybridized carbons (Fsp3) is 0.533. The van der Waals surface area contributed by atoms with Gasteiger partial charge in [-0.05, 0) is 37.1 Å². The molecular formula is C15H21FN2O3S. The Morgan fingerprint density at radius 1 is 1.36 bits per heavy atom. The predicted octanol–water partition coefficient (Wildman–Crippen LogP) is 2.06. The maximum Gasteiger partial charge on any atom is 0.281 e. The number of nitrogens with zero attached hydrogens (tertiary/aromatic N) is 2. The molecule has 0 aliphatic carbocycles. The molecule has 0 N–H and O–H groups in total. The monoisotopic (exact) mass is 328 g/mol. The van der Waals surface area contributed by atoms with Crippen molar-refractivity contribution in [1.29, 1.82) is 0 Å². The molecule has 0 radical (unpaired) electrons. The summed E-state index contributed by atoms with van der Waals surface area (Å²) >= 11 is 0. The fourth-order valence-corrected chi connectivity index (χ4v) is 4.23. The lowest BCUT2D eigenvalue weighted by Crippen LogP contribution is -2.44. The highest BCUT2D eigenvalue weighted by molar-refractivity contribution is 7.86. The summed E-state index contributed by atoms with van der Waals surface area (Å²) in [5.41, 5.74) is 0.412. The molecule has 1 fully saturated rings. The van der Waals surface area contributed by atoms with Gasteiger partial charge >= 0.3 is 0 Å². The van der Waals surface area contributed by atoms with E-state index in [-0.39, 0.29) is 18.2 Å². The van der Waals surface area contributed by atoms with Crippen LogP contribution in [-0.4, -0.2) is 49.0 Å². The van der Waals surface area contributed by atoms with Crippen LogP contribution >= 0.6 is 0 Å². The molecule has 0 bridgehead atoms. The van der Waals surface area contributed by atoms with Crippen molar-refractivity contribution < 1.29 is 17.6 Å². The van der Waals surface area contributed by atoms with Gasteiger partial charge in [-0.15, -0.1) is 0 Å². The van der Waals surface area contributed by atoms with Crippen molar-refractivity contribution >= 4 is 16.0 Å². The Morgan fingerprint density at radius 2 is 2.00 bits per heavy atom. The van der Waals surface area contributed by atoms with Gasteiger partial charge in [0.1, 0.15) is 5.82 Å². The molecule has 2 rings (SSSR count). The Morgan fingerprint density at radius 3 is 2.59 bits per heavy atom. The summed E-state index contributed by atoms with van der Waals surface area (Å²) in [7, 11) is -1.98. The Bertz CT molecular complexity index is 631. The highest BCUT2D eigenvalue weighted by Crippen LogP contribution is 2.26. The average Bonchev–Trinajstić information content (AvgIpc) is 2.95. The van der Waals surface area contributed by atoms with Crippen LogP contribution in [-0.2, 0) is 10.2 Å². The first-order valence-electron chi connectivity index (χ1n) is 7.38. The van der Waals surface area contributed by atoms with Crippen LogP contribution in [0.15, 0.2) is 24.3 Å². The topological polar surface area (TPSA) is 57.7 Å². The number of hydrogen-bond donors (Lipinski definition) is 0. The van der Waals surface area contributed by atoms with Gasteiger partial charge in [0.2, 0.25) is 0 Å². The molecule has 1 aliphatic heterocycles. The molecule has 7 heteroatoms. The summed E-state index contributed by atoms with van der Waals surface area (Å²) < 4.78 is 40.5. The number of carbonyl (C=O) groups is 1. The number of ketones is 1. The molecule has 1 aliphatic rings. The number of hydrogen-bond acceptors (Lipinski definition) is 3. The van der Waals surface area contributed by atoms with Crippen molar-refractivity contribution in [1.82, 2.24) is 8.61 Å². The van der Waals surface area contributed by atoms with E-state index in [1.807, 2.05) is 0 Å². The first-order valence-corrected chi connectivity index (χ1v) is 8.77. The van der Waals surface area contributed by atoms with Crippen molar-refractivity contribution in [2.75, 3.05) is 20.1 Å². The van der Waals surface area contributed by atoms with Crippen LogP contribution in [0, 0.1) is 5.82 Å². The van der Waals surface area contributed by atoms with Crippen LogP contribution in [0.25, 0.3) is 0 Å². The lowest BCUT2D eigenvalue weighted by atomic mass is 10.0. The first kappa shape index (κ1) is 17.1. The number of halogens is 1. The first-order chi connectivity index (χ1) is 10.4. The molecule has 0 aromatic heterocycles. The van der Waals surface area contributed by atoms with Gasteiger partial charge in [0, 0.05) is 38.2 Å². The Labute approximate surface area is 130 Å². The Kier molecular flexibility index (Phi) is 5.31. The maximum atomic E-state index is 12.9. The zero-order valence-corrected chi connectivity index (χ0v) is 13.6. The van der Waals surface area contributed by atoms with Crippen LogP contribution in [0.5, 0.6) is 0 Å². The van der Waals surface area contributed by atoms with Crippen molar-refractivity contribution in [3.63, 3.8) is 0 Å². The number of benzene rings is 1. The Balaban J connectivity index is 2.11. The molecule has 22 heavy (non-hydrogen) atoms. The molecular weight excluding hydrogens is 307 g/mol. The molecule has 1 aromatic carbocycles. The normalized spacial score (nSPS) is 19.7. The largest absolute Gasteiger partial charge is 0.294 e. The second-order valence-electron chi connectivity index (χ2n) is 5.46. The molecule has 1 atom stereocenters. The molecule has 1 saturated heterocycles. The summed E-state index contributed by atoms with van der Waals surface area (Å²) in [6.07, 6.45) is 1.55. The van der Waals surface area contributed by atoms with E-state index in [1.165, 1.54) is 39.9 Å². The van der Waals surface area contributed by atoms with Crippen LogP contribution in [0.3, 0.4) is 0 Å². The molecule has 1 heterocycles. The van der Waals surface area contributed by atoms with E-state index in [0.717, 1.165) is 6.42 Å². The Hall–Kier alpha value is -1.31. The lowest BCUT2D eigenvalue weighted by Gasteiger charge is -2.27. The quantitative estimate of drug-likeness (QED) is 0.751.